The van der Waals surface area contributed by atoms with Gasteiger partial charge in [-0.05, 0) is 17.7 Å². The number of rotatable bonds is 7. The van der Waals surface area contributed by atoms with E-state index in [1.807, 2.05) is 30.0 Å². The summed E-state index contributed by atoms with van der Waals surface area (Å²) >= 11 is 1.91. The first-order valence-corrected chi connectivity index (χ1v) is 6.78. The molecule has 1 atom stereocenters. The SMILES string of the molecule is CCCCSC(CC(=N)N)c1ccccc1. The van der Waals surface area contributed by atoms with Crippen molar-refractivity contribution in [1.82, 2.24) is 0 Å². The molecule has 88 valence electrons. The minimum atomic E-state index is 0.276. The highest BCUT2D eigenvalue weighted by molar-refractivity contribution is 7.99. The lowest BCUT2D eigenvalue weighted by Gasteiger charge is -2.16. The summed E-state index contributed by atoms with van der Waals surface area (Å²) in [5.74, 6) is 1.42. The van der Waals surface area contributed by atoms with Gasteiger partial charge < -0.3 is 5.73 Å². The number of nitrogens with two attached hydrogens (primary N) is 1. The Morgan fingerprint density at radius 2 is 2.06 bits per heavy atom. The van der Waals surface area contributed by atoms with Gasteiger partial charge >= 0.3 is 0 Å². The predicted octanol–water partition coefficient (Wildman–Crippen LogP) is 3.59. The van der Waals surface area contributed by atoms with Gasteiger partial charge in [0.2, 0.25) is 0 Å². The quantitative estimate of drug-likeness (QED) is 0.432. The number of amidine groups is 1. The van der Waals surface area contributed by atoms with Crippen molar-refractivity contribution in [3.8, 4) is 0 Å². The fourth-order valence-corrected chi connectivity index (χ4v) is 2.90. The van der Waals surface area contributed by atoms with Crippen molar-refractivity contribution in [3.63, 3.8) is 0 Å². The molecule has 0 fully saturated rings. The fraction of sp³-hybridized carbons (Fsp3) is 0.462. The number of nitrogens with one attached hydrogen (secondary N) is 1. The van der Waals surface area contributed by atoms with E-state index in [0.29, 0.717) is 11.7 Å². The van der Waals surface area contributed by atoms with Crippen LogP contribution in [-0.4, -0.2) is 11.6 Å². The van der Waals surface area contributed by atoms with Gasteiger partial charge in [-0.1, -0.05) is 43.7 Å². The van der Waals surface area contributed by atoms with Crippen molar-refractivity contribution in [2.45, 2.75) is 31.4 Å². The third-order valence-electron chi connectivity index (χ3n) is 2.39. The van der Waals surface area contributed by atoms with E-state index in [4.69, 9.17) is 11.1 Å². The standard InChI is InChI=1S/C13H20N2S/c1-2-3-9-16-12(10-13(14)15)11-7-5-4-6-8-11/h4-8,12H,2-3,9-10H2,1H3,(H3,14,15). The summed E-state index contributed by atoms with van der Waals surface area (Å²) in [6.07, 6.45) is 3.10. The lowest BCUT2D eigenvalue weighted by molar-refractivity contribution is 0.887. The highest BCUT2D eigenvalue weighted by atomic mass is 32.2. The van der Waals surface area contributed by atoms with Crippen molar-refractivity contribution in [1.29, 1.82) is 5.41 Å². The molecule has 0 saturated heterocycles. The summed E-state index contributed by atoms with van der Waals surface area (Å²) in [5.41, 5.74) is 6.78. The Morgan fingerprint density at radius 3 is 2.62 bits per heavy atom. The average Bonchev–Trinajstić information content (AvgIpc) is 2.29. The fourth-order valence-electron chi connectivity index (χ4n) is 1.51. The van der Waals surface area contributed by atoms with Crippen LogP contribution < -0.4 is 5.73 Å². The molecule has 0 aliphatic carbocycles. The van der Waals surface area contributed by atoms with Gasteiger partial charge in [-0.15, -0.1) is 0 Å². The second-order valence-corrected chi connectivity index (χ2v) is 5.16. The highest BCUT2D eigenvalue weighted by Crippen LogP contribution is 2.32. The van der Waals surface area contributed by atoms with Crippen molar-refractivity contribution in [3.05, 3.63) is 35.9 Å². The Labute approximate surface area is 102 Å². The first-order chi connectivity index (χ1) is 7.74. The molecule has 1 rings (SSSR count). The van der Waals surface area contributed by atoms with Crippen molar-refractivity contribution in [2.24, 2.45) is 5.73 Å². The number of hydrogen-bond acceptors (Lipinski definition) is 2. The van der Waals surface area contributed by atoms with Gasteiger partial charge in [0.15, 0.2) is 0 Å². The predicted molar refractivity (Wildman–Crippen MR) is 73.1 cm³/mol. The molecule has 3 N–H and O–H groups in total. The zero-order valence-corrected chi connectivity index (χ0v) is 10.6. The van der Waals surface area contributed by atoms with Crippen LogP contribution in [0.25, 0.3) is 0 Å². The van der Waals surface area contributed by atoms with Crippen LogP contribution in [0.4, 0.5) is 0 Å². The summed E-state index contributed by atoms with van der Waals surface area (Å²) in [5, 5.41) is 7.76. The molecule has 0 amide bonds. The molecule has 16 heavy (non-hydrogen) atoms. The van der Waals surface area contributed by atoms with E-state index in [-0.39, 0.29) is 5.84 Å². The van der Waals surface area contributed by atoms with Crippen molar-refractivity contribution in [2.75, 3.05) is 5.75 Å². The molecular weight excluding hydrogens is 216 g/mol. The van der Waals surface area contributed by atoms with E-state index in [1.54, 1.807) is 0 Å². The molecule has 2 nitrogen and oxygen atoms in total. The Bertz CT molecular complexity index is 311. The van der Waals surface area contributed by atoms with Gasteiger partial charge in [0.1, 0.15) is 0 Å². The Hall–Kier alpha value is -0.960. The lowest BCUT2D eigenvalue weighted by Crippen LogP contribution is -2.13. The van der Waals surface area contributed by atoms with Crippen LogP contribution >= 0.6 is 11.8 Å². The third-order valence-corrected chi connectivity index (χ3v) is 3.76. The highest BCUT2D eigenvalue weighted by Gasteiger charge is 2.12. The monoisotopic (exact) mass is 236 g/mol. The van der Waals surface area contributed by atoms with E-state index in [2.05, 4.69) is 19.1 Å². The summed E-state index contributed by atoms with van der Waals surface area (Å²) in [7, 11) is 0. The van der Waals surface area contributed by atoms with Crippen LogP contribution in [0.15, 0.2) is 30.3 Å². The number of benzene rings is 1. The summed E-state index contributed by atoms with van der Waals surface area (Å²) in [6, 6.07) is 10.3. The molecule has 0 spiro atoms. The molecule has 0 aliphatic rings. The maximum Gasteiger partial charge on any atom is 0.0919 e. The van der Waals surface area contributed by atoms with Gasteiger partial charge in [0.25, 0.3) is 0 Å². The minimum absolute atomic E-state index is 0.276. The van der Waals surface area contributed by atoms with Crippen LogP contribution in [0.2, 0.25) is 0 Å². The van der Waals surface area contributed by atoms with Crippen molar-refractivity contribution < 1.29 is 0 Å². The number of hydrogen-bond donors (Lipinski definition) is 2. The third kappa shape index (κ3) is 4.71. The van der Waals surface area contributed by atoms with Crippen LogP contribution in [0, 0.1) is 5.41 Å². The van der Waals surface area contributed by atoms with Crippen LogP contribution in [-0.2, 0) is 0 Å². The normalized spacial score (nSPS) is 12.3. The molecule has 0 saturated carbocycles. The second kappa shape index (κ2) is 7.34. The molecule has 3 heteroatoms. The molecule has 0 aromatic heterocycles. The van der Waals surface area contributed by atoms with Gasteiger partial charge in [-0.3, -0.25) is 5.41 Å². The Kier molecular flexibility index (Phi) is 6.01. The maximum atomic E-state index is 7.42. The van der Waals surface area contributed by atoms with Crippen LogP contribution in [0.5, 0.6) is 0 Å². The van der Waals surface area contributed by atoms with E-state index in [1.165, 1.54) is 18.4 Å². The number of unbranched alkanes of at least 4 members (excludes halogenated alkanes) is 1. The molecular formula is C13H20N2S. The molecule has 0 heterocycles. The van der Waals surface area contributed by atoms with E-state index in [0.717, 1.165) is 5.75 Å². The minimum Gasteiger partial charge on any atom is -0.388 e. The molecule has 0 radical (unpaired) electrons. The largest absolute Gasteiger partial charge is 0.388 e. The van der Waals surface area contributed by atoms with E-state index < -0.39 is 0 Å². The molecule has 0 aliphatic heterocycles. The first-order valence-electron chi connectivity index (χ1n) is 5.73. The van der Waals surface area contributed by atoms with Crippen LogP contribution in [0.1, 0.15) is 37.0 Å². The van der Waals surface area contributed by atoms with E-state index >= 15 is 0 Å². The molecule has 0 bridgehead atoms. The second-order valence-electron chi connectivity index (χ2n) is 3.85. The summed E-state index contributed by atoms with van der Waals surface area (Å²) in [4.78, 5) is 0. The Balaban J connectivity index is 2.60. The van der Waals surface area contributed by atoms with Gasteiger partial charge in [-0.25, -0.2) is 0 Å². The summed E-state index contributed by atoms with van der Waals surface area (Å²) in [6.45, 7) is 2.20. The topological polar surface area (TPSA) is 49.9 Å². The van der Waals surface area contributed by atoms with Crippen molar-refractivity contribution >= 4 is 17.6 Å². The Morgan fingerprint density at radius 1 is 1.38 bits per heavy atom. The van der Waals surface area contributed by atoms with Gasteiger partial charge in [-0.2, -0.15) is 11.8 Å². The molecule has 1 unspecified atom stereocenters. The zero-order valence-electron chi connectivity index (χ0n) is 9.78. The average molecular weight is 236 g/mol. The lowest BCUT2D eigenvalue weighted by atomic mass is 10.1. The smallest absolute Gasteiger partial charge is 0.0919 e. The van der Waals surface area contributed by atoms with Gasteiger partial charge in [0, 0.05) is 11.7 Å². The molecule has 1 aromatic carbocycles. The first kappa shape index (κ1) is 13.1. The molecule has 1 aromatic rings. The van der Waals surface area contributed by atoms with Gasteiger partial charge in [0.05, 0.1) is 5.84 Å². The zero-order chi connectivity index (χ0) is 11.8. The van der Waals surface area contributed by atoms with Crippen LogP contribution in [0.3, 0.4) is 0 Å². The van der Waals surface area contributed by atoms with E-state index in [9.17, 15) is 0 Å². The number of thioether (sulfide) groups is 1. The maximum absolute atomic E-state index is 7.42. The summed E-state index contributed by atoms with van der Waals surface area (Å²) < 4.78 is 0.